The number of hydrogen-bond acceptors (Lipinski definition) is 4. The number of carboxylic acids is 1. The van der Waals surface area contributed by atoms with Gasteiger partial charge >= 0.3 is 5.97 Å². The van der Waals surface area contributed by atoms with Crippen LogP contribution in [0.2, 0.25) is 0 Å². The van der Waals surface area contributed by atoms with Gasteiger partial charge in [-0.2, -0.15) is 0 Å². The molecule has 21 heavy (non-hydrogen) atoms. The first-order valence-corrected chi connectivity index (χ1v) is 7.95. The number of rotatable bonds is 4. The lowest BCUT2D eigenvalue weighted by atomic mass is 10.1. The van der Waals surface area contributed by atoms with Crippen molar-refractivity contribution >= 4 is 27.4 Å². The Balaban J connectivity index is 2.95. The average molecular weight is 313 g/mol. The second-order valence-electron chi connectivity index (χ2n) is 5.75. The van der Waals surface area contributed by atoms with Gasteiger partial charge in [-0.1, -0.05) is 6.07 Å². The van der Waals surface area contributed by atoms with Crippen LogP contribution >= 0.6 is 0 Å². The number of carboxylic acid groups (broad SMARTS) is 1. The fourth-order valence-electron chi connectivity index (χ4n) is 1.47. The lowest BCUT2D eigenvalue weighted by molar-refractivity contribution is -0.113. The molecule has 0 aromatic heterocycles. The summed E-state index contributed by atoms with van der Waals surface area (Å²) in [6.45, 7) is 6.25. The minimum Gasteiger partial charge on any atom is -0.478 e. The molecule has 1 amide bonds. The second kappa shape index (κ2) is 5.85. The van der Waals surface area contributed by atoms with E-state index in [4.69, 9.17) is 5.11 Å². The predicted octanol–water partition coefficient (Wildman–Crippen LogP) is 1.85. The Morgan fingerprint density at radius 3 is 2.29 bits per heavy atom. The van der Waals surface area contributed by atoms with Crippen LogP contribution in [-0.4, -0.2) is 35.9 Å². The number of hydrogen-bond donors (Lipinski definition) is 2. The van der Waals surface area contributed by atoms with E-state index in [-0.39, 0.29) is 5.56 Å². The van der Waals surface area contributed by atoms with E-state index in [1.54, 1.807) is 13.0 Å². The molecule has 0 bridgehead atoms. The number of amides is 1. The molecule has 0 fully saturated rings. The first kappa shape index (κ1) is 17.2. The molecule has 0 aliphatic heterocycles. The van der Waals surface area contributed by atoms with E-state index in [0.29, 0.717) is 11.3 Å². The van der Waals surface area contributed by atoms with E-state index in [0.717, 1.165) is 0 Å². The summed E-state index contributed by atoms with van der Waals surface area (Å²) >= 11 is 0. The lowest BCUT2D eigenvalue weighted by Gasteiger charge is -2.19. The molecule has 0 spiro atoms. The first-order valence-electron chi connectivity index (χ1n) is 6.30. The summed E-state index contributed by atoms with van der Waals surface area (Å²) in [5, 5.41) is 11.4. The van der Waals surface area contributed by atoms with Crippen LogP contribution in [-0.2, 0) is 14.6 Å². The lowest BCUT2D eigenvalue weighted by Crippen LogP contribution is -2.35. The quantitative estimate of drug-likeness (QED) is 0.883. The molecule has 6 nitrogen and oxygen atoms in total. The highest BCUT2D eigenvalue weighted by Crippen LogP contribution is 2.19. The van der Waals surface area contributed by atoms with Crippen LogP contribution in [0.4, 0.5) is 5.69 Å². The summed E-state index contributed by atoms with van der Waals surface area (Å²) in [7, 11) is -3.58. The highest BCUT2D eigenvalue weighted by atomic mass is 32.2. The van der Waals surface area contributed by atoms with Crippen molar-refractivity contribution in [2.45, 2.75) is 32.4 Å². The Morgan fingerprint density at radius 1 is 1.24 bits per heavy atom. The van der Waals surface area contributed by atoms with Gasteiger partial charge in [0.25, 0.3) is 0 Å². The summed E-state index contributed by atoms with van der Waals surface area (Å²) in [4.78, 5) is 22.8. The predicted molar refractivity (Wildman–Crippen MR) is 80.3 cm³/mol. The van der Waals surface area contributed by atoms with Gasteiger partial charge in [-0.15, -0.1) is 0 Å². The average Bonchev–Trinajstić information content (AvgIpc) is 2.29. The highest BCUT2D eigenvalue weighted by molar-refractivity contribution is 7.93. The zero-order chi connectivity index (χ0) is 16.4. The first-order chi connectivity index (χ1) is 9.44. The van der Waals surface area contributed by atoms with Crippen LogP contribution < -0.4 is 5.32 Å². The second-order valence-corrected chi connectivity index (χ2v) is 8.50. The zero-order valence-electron chi connectivity index (χ0n) is 12.4. The molecule has 0 saturated heterocycles. The zero-order valence-corrected chi connectivity index (χ0v) is 13.2. The van der Waals surface area contributed by atoms with E-state index >= 15 is 0 Å². The normalized spacial score (nSPS) is 12.0. The Morgan fingerprint density at radius 2 is 1.81 bits per heavy atom. The Hall–Kier alpha value is -1.89. The molecule has 1 rings (SSSR count). The minimum absolute atomic E-state index is 0.0228. The van der Waals surface area contributed by atoms with Gasteiger partial charge in [0.1, 0.15) is 5.75 Å². The number of nitrogens with one attached hydrogen (secondary N) is 1. The van der Waals surface area contributed by atoms with Crippen molar-refractivity contribution in [2.75, 3.05) is 11.1 Å². The van der Waals surface area contributed by atoms with Gasteiger partial charge in [-0.25, -0.2) is 13.2 Å². The number of aryl methyl sites for hydroxylation is 1. The van der Waals surface area contributed by atoms with E-state index in [2.05, 4.69) is 5.32 Å². The molecule has 116 valence electrons. The van der Waals surface area contributed by atoms with Crippen LogP contribution in [0.25, 0.3) is 0 Å². The Kier molecular flexibility index (Phi) is 4.78. The smallest absolute Gasteiger partial charge is 0.335 e. The van der Waals surface area contributed by atoms with Crippen LogP contribution in [0.15, 0.2) is 18.2 Å². The van der Waals surface area contributed by atoms with E-state index in [1.807, 2.05) is 0 Å². The number of benzene rings is 1. The number of carbonyl (C=O) groups excluding carboxylic acids is 1. The number of sulfone groups is 1. The van der Waals surface area contributed by atoms with Crippen molar-refractivity contribution in [3.8, 4) is 0 Å². The molecule has 0 atom stereocenters. The molecule has 0 saturated carbocycles. The maximum absolute atomic E-state index is 12.0. The van der Waals surface area contributed by atoms with Crippen LogP contribution in [0, 0.1) is 6.92 Å². The third kappa shape index (κ3) is 4.29. The van der Waals surface area contributed by atoms with Gasteiger partial charge in [0.15, 0.2) is 9.84 Å². The van der Waals surface area contributed by atoms with E-state index < -0.39 is 32.2 Å². The fraction of sp³-hybridized carbons (Fsp3) is 0.429. The summed E-state index contributed by atoms with van der Waals surface area (Å²) < 4.78 is 22.9. The van der Waals surface area contributed by atoms with Crippen molar-refractivity contribution in [3.63, 3.8) is 0 Å². The largest absolute Gasteiger partial charge is 0.478 e. The van der Waals surface area contributed by atoms with Crippen LogP contribution in [0.3, 0.4) is 0 Å². The van der Waals surface area contributed by atoms with Gasteiger partial charge < -0.3 is 10.4 Å². The maximum Gasteiger partial charge on any atom is 0.335 e. The molecule has 0 aliphatic rings. The molecule has 0 heterocycles. The molecule has 0 aliphatic carbocycles. The topological polar surface area (TPSA) is 101 Å². The third-order valence-electron chi connectivity index (χ3n) is 3.01. The van der Waals surface area contributed by atoms with Gasteiger partial charge in [-0.3, -0.25) is 4.79 Å². The molecule has 1 aromatic rings. The summed E-state index contributed by atoms with van der Waals surface area (Å²) in [5.74, 6) is -2.45. The number of anilines is 1. The van der Waals surface area contributed by atoms with Crippen molar-refractivity contribution < 1.29 is 23.1 Å². The minimum atomic E-state index is -3.58. The third-order valence-corrected chi connectivity index (χ3v) is 5.52. The van der Waals surface area contributed by atoms with Crippen LogP contribution in [0.5, 0.6) is 0 Å². The van der Waals surface area contributed by atoms with Crippen LogP contribution in [0.1, 0.15) is 36.7 Å². The molecule has 0 unspecified atom stereocenters. The van der Waals surface area contributed by atoms with E-state index in [1.165, 1.54) is 32.9 Å². The monoisotopic (exact) mass is 313 g/mol. The van der Waals surface area contributed by atoms with Crippen molar-refractivity contribution in [1.82, 2.24) is 0 Å². The molecular formula is C14H19NO5S. The van der Waals surface area contributed by atoms with Crippen molar-refractivity contribution in [1.29, 1.82) is 0 Å². The van der Waals surface area contributed by atoms with Crippen molar-refractivity contribution in [2.24, 2.45) is 0 Å². The van der Waals surface area contributed by atoms with Gasteiger partial charge in [0.2, 0.25) is 5.91 Å². The molecular weight excluding hydrogens is 294 g/mol. The SMILES string of the molecule is Cc1ccc(C(=O)O)cc1NC(=O)CS(=O)(=O)C(C)(C)C. The highest BCUT2D eigenvalue weighted by Gasteiger charge is 2.31. The molecule has 2 N–H and O–H groups in total. The summed E-state index contributed by atoms with van der Waals surface area (Å²) in [5.41, 5.74) is 0.972. The van der Waals surface area contributed by atoms with Gasteiger partial charge in [-0.05, 0) is 45.4 Å². The maximum atomic E-state index is 12.0. The molecule has 1 aromatic carbocycles. The van der Waals surface area contributed by atoms with Crippen molar-refractivity contribution in [3.05, 3.63) is 29.3 Å². The summed E-state index contributed by atoms with van der Waals surface area (Å²) in [6, 6.07) is 4.27. The van der Waals surface area contributed by atoms with E-state index in [9.17, 15) is 18.0 Å². The number of aromatic carboxylic acids is 1. The molecule has 0 radical (unpaired) electrons. The number of carbonyl (C=O) groups is 2. The fourth-order valence-corrected chi connectivity index (χ4v) is 2.32. The Bertz CT molecular complexity index is 671. The molecule has 7 heteroatoms. The van der Waals surface area contributed by atoms with Gasteiger partial charge in [0.05, 0.1) is 10.3 Å². The van der Waals surface area contributed by atoms with Gasteiger partial charge in [0, 0.05) is 5.69 Å². The standard InChI is InChI=1S/C14H19NO5S/c1-9-5-6-10(13(17)18)7-11(9)15-12(16)8-21(19,20)14(2,3)4/h5-7H,8H2,1-4H3,(H,15,16)(H,17,18). The summed E-state index contributed by atoms with van der Waals surface area (Å²) in [6.07, 6.45) is 0. The Labute approximate surface area is 124 Å².